The Bertz CT molecular complexity index is 1410. The second kappa shape index (κ2) is 11.6. The summed E-state index contributed by atoms with van der Waals surface area (Å²) in [6.45, 7) is 6.85. The third-order valence-electron chi connectivity index (χ3n) is 6.10. The third kappa shape index (κ3) is 5.58. The van der Waals surface area contributed by atoms with Crippen molar-refractivity contribution in [2.45, 2.75) is 39.7 Å². The van der Waals surface area contributed by atoms with E-state index in [2.05, 4.69) is 10.3 Å². The van der Waals surface area contributed by atoms with E-state index in [0.29, 0.717) is 47.1 Å². The van der Waals surface area contributed by atoms with Crippen molar-refractivity contribution >= 4 is 17.7 Å². The number of aromatic carboxylic acids is 1. The van der Waals surface area contributed by atoms with E-state index in [9.17, 15) is 14.7 Å². The van der Waals surface area contributed by atoms with E-state index >= 15 is 0 Å². The number of aromatic nitrogens is 2. The molecule has 0 bridgehead atoms. The number of unbranched alkanes of at least 4 members (excludes halogenated alkanes) is 1. The second-order valence-electron chi connectivity index (χ2n) is 8.65. The average molecular weight is 502 g/mol. The van der Waals surface area contributed by atoms with Gasteiger partial charge in [0, 0.05) is 12.1 Å². The summed E-state index contributed by atoms with van der Waals surface area (Å²) in [7, 11) is 0. The maximum Gasteiger partial charge on any atom is 0.408 e. The molecule has 0 aliphatic rings. The van der Waals surface area contributed by atoms with E-state index in [1.807, 2.05) is 61.6 Å². The van der Waals surface area contributed by atoms with Crippen LogP contribution in [0, 0.1) is 6.92 Å². The van der Waals surface area contributed by atoms with Gasteiger partial charge in [0.05, 0.1) is 24.1 Å². The zero-order valence-electron chi connectivity index (χ0n) is 21.2. The first-order valence-electron chi connectivity index (χ1n) is 12.4. The van der Waals surface area contributed by atoms with E-state index in [-0.39, 0.29) is 5.56 Å². The maximum absolute atomic E-state index is 12.9. The van der Waals surface area contributed by atoms with Gasteiger partial charge in [0.2, 0.25) is 5.88 Å². The summed E-state index contributed by atoms with van der Waals surface area (Å²) in [4.78, 5) is 29.6. The van der Waals surface area contributed by atoms with Crippen LogP contribution in [0.2, 0.25) is 0 Å². The van der Waals surface area contributed by atoms with Crippen LogP contribution in [0.25, 0.3) is 16.8 Å². The second-order valence-corrected chi connectivity index (χ2v) is 8.65. The van der Waals surface area contributed by atoms with Crippen molar-refractivity contribution in [1.82, 2.24) is 14.7 Å². The standard InChI is InChI=1S/C29H31N3O5/c1-4-6-17-30-29(35)37-26(24-16-15-19(3)27-31-25(36-5-2)18-32(24)27)22-13-9-7-11-20(22)21-12-8-10-14-23(21)28(33)34/h7-16,18,26H,4-6,17H2,1-3H3,(H,30,35)(H,33,34)/t26-/m1/s1. The van der Waals surface area contributed by atoms with Gasteiger partial charge in [-0.15, -0.1) is 0 Å². The number of imidazole rings is 1. The molecule has 0 aliphatic carbocycles. The molecule has 0 aliphatic heterocycles. The van der Waals surface area contributed by atoms with Crippen LogP contribution in [-0.2, 0) is 4.74 Å². The average Bonchev–Trinajstić information content (AvgIpc) is 3.33. The number of benzene rings is 2. The number of amides is 1. The number of rotatable bonds is 10. The fraction of sp³-hybridized carbons (Fsp3) is 0.276. The smallest absolute Gasteiger partial charge is 0.408 e. The van der Waals surface area contributed by atoms with Gasteiger partial charge in [0.1, 0.15) is 5.65 Å². The summed E-state index contributed by atoms with van der Waals surface area (Å²) in [5.41, 5.74) is 4.29. The summed E-state index contributed by atoms with van der Waals surface area (Å²) < 4.78 is 13.6. The molecular formula is C29H31N3O5. The van der Waals surface area contributed by atoms with Crippen molar-refractivity contribution in [3.05, 3.63) is 89.2 Å². The van der Waals surface area contributed by atoms with Crippen LogP contribution in [0.4, 0.5) is 4.79 Å². The van der Waals surface area contributed by atoms with Gasteiger partial charge in [-0.2, -0.15) is 4.98 Å². The van der Waals surface area contributed by atoms with Crippen molar-refractivity contribution in [1.29, 1.82) is 0 Å². The van der Waals surface area contributed by atoms with Gasteiger partial charge >= 0.3 is 12.1 Å². The molecule has 2 aromatic heterocycles. The zero-order valence-corrected chi connectivity index (χ0v) is 21.2. The molecule has 4 rings (SSSR count). The van der Waals surface area contributed by atoms with Crippen LogP contribution < -0.4 is 10.1 Å². The monoisotopic (exact) mass is 501 g/mol. The molecule has 0 saturated carbocycles. The van der Waals surface area contributed by atoms with Crippen molar-refractivity contribution in [3.63, 3.8) is 0 Å². The van der Waals surface area contributed by atoms with Gasteiger partial charge in [0.25, 0.3) is 0 Å². The van der Waals surface area contributed by atoms with Gasteiger partial charge in [-0.1, -0.05) is 61.9 Å². The number of hydrogen-bond donors (Lipinski definition) is 2. The van der Waals surface area contributed by atoms with E-state index < -0.39 is 18.2 Å². The zero-order chi connectivity index (χ0) is 26.4. The SMILES string of the molecule is CCCCNC(=O)O[C@H](c1ccccc1-c1ccccc1C(=O)O)c1ccc(C)c2nc(OCC)cn12. The predicted octanol–water partition coefficient (Wildman–Crippen LogP) is 6.02. The number of aryl methyl sites for hydroxylation is 1. The molecule has 2 aromatic carbocycles. The molecular weight excluding hydrogens is 470 g/mol. The number of fused-ring (bicyclic) bond motifs is 1. The first-order chi connectivity index (χ1) is 17.9. The number of alkyl carbamates (subject to hydrolysis) is 1. The fourth-order valence-corrected chi connectivity index (χ4v) is 4.30. The van der Waals surface area contributed by atoms with Crippen LogP contribution in [0.1, 0.15) is 60.0 Å². The van der Waals surface area contributed by atoms with Crippen molar-refractivity contribution in [2.75, 3.05) is 13.2 Å². The predicted molar refractivity (Wildman–Crippen MR) is 141 cm³/mol. The first-order valence-corrected chi connectivity index (χ1v) is 12.4. The number of ether oxygens (including phenoxy) is 2. The Kier molecular flexibility index (Phi) is 8.08. The lowest BCUT2D eigenvalue weighted by molar-refractivity contribution is 0.0697. The van der Waals surface area contributed by atoms with Crippen molar-refractivity contribution < 1.29 is 24.2 Å². The largest absolute Gasteiger partial charge is 0.478 e. The number of nitrogens with zero attached hydrogens (tertiary/aromatic N) is 2. The number of nitrogens with one attached hydrogen (secondary N) is 1. The Hall–Kier alpha value is -4.33. The van der Waals surface area contributed by atoms with E-state index in [4.69, 9.17) is 9.47 Å². The van der Waals surface area contributed by atoms with Gasteiger partial charge in [-0.05, 0) is 49.1 Å². The highest BCUT2D eigenvalue weighted by Crippen LogP contribution is 2.37. The lowest BCUT2D eigenvalue weighted by Gasteiger charge is -2.23. The minimum Gasteiger partial charge on any atom is -0.478 e. The van der Waals surface area contributed by atoms with E-state index in [0.717, 1.165) is 18.4 Å². The molecule has 2 heterocycles. The summed E-state index contributed by atoms with van der Waals surface area (Å²) in [6.07, 6.45) is 2.13. The van der Waals surface area contributed by atoms with Crippen LogP contribution in [-0.4, -0.2) is 39.7 Å². The topological polar surface area (TPSA) is 102 Å². The van der Waals surface area contributed by atoms with Crippen molar-refractivity contribution in [2.24, 2.45) is 0 Å². The molecule has 37 heavy (non-hydrogen) atoms. The summed E-state index contributed by atoms with van der Waals surface area (Å²) >= 11 is 0. The highest BCUT2D eigenvalue weighted by Gasteiger charge is 2.27. The minimum absolute atomic E-state index is 0.163. The van der Waals surface area contributed by atoms with Gasteiger partial charge in [-0.25, -0.2) is 9.59 Å². The number of carboxylic acid groups (broad SMARTS) is 1. The molecule has 192 valence electrons. The summed E-state index contributed by atoms with van der Waals surface area (Å²) in [5.74, 6) is -0.567. The van der Waals surface area contributed by atoms with Gasteiger partial charge in [-0.3, -0.25) is 4.40 Å². The normalized spacial score (nSPS) is 11.8. The molecule has 0 radical (unpaired) electrons. The minimum atomic E-state index is -1.03. The Morgan fingerprint density at radius 1 is 1.03 bits per heavy atom. The third-order valence-corrected chi connectivity index (χ3v) is 6.10. The molecule has 0 spiro atoms. The molecule has 0 saturated heterocycles. The van der Waals surface area contributed by atoms with E-state index in [1.54, 1.807) is 30.5 Å². The number of carboxylic acids is 1. The number of carbonyl (C=O) groups is 2. The number of hydrogen-bond acceptors (Lipinski definition) is 5. The molecule has 4 aromatic rings. The lowest BCUT2D eigenvalue weighted by atomic mass is 9.91. The molecule has 8 heteroatoms. The molecule has 1 amide bonds. The van der Waals surface area contributed by atoms with E-state index in [1.165, 1.54) is 0 Å². The molecule has 2 N–H and O–H groups in total. The Balaban J connectivity index is 1.90. The lowest BCUT2D eigenvalue weighted by Crippen LogP contribution is -2.28. The Morgan fingerprint density at radius 2 is 1.76 bits per heavy atom. The molecule has 8 nitrogen and oxygen atoms in total. The van der Waals surface area contributed by atoms with Gasteiger partial charge in [0.15, 0.2) is 6.10 Å². The quantitative estimate of drug-likeness (QED) is 0.258. The van der Waals surface area contributed by atoms with Crippen LogP contribution in [0.3, 0.4) is 0 Å². The maximum atomic E-state index is 12.9. The number of pyridine rings is 1. The van der Waals surface area contributed by atoms with Crippen LogP contribution >= 0.6 is 0 Å². The van der Waals surface area contributed by atoms with Crippen molar-refractivity contribution in [3.8, 4) is 17.0 Å². The first kappa shape index (κ1) is 25.8. The molecule has 0 fully saturated rings. The number of carbonyl (C=O) groups excluding carboxylic acids is 1. The Morgan fingerprint density at radius 3 is 2.49 bits per heavy atom. The van der Waals surface area contributed by atoms with Crippen LogP contribution in [0.15, 0.2) is 66.9 Å². The highest BCUT2D eigenvalue weighted by atomic mass is 16.6. The fourth-order valence-electron chi connectivity index (χ4n) is 4.30. The van der Waals surface area contributed by atoms with Crippen LogP contribution in [0.5, 0.6) is 5.88 Å². The molecule has 0 unspecified atom stereocenters. The van der Waals surface area contributed by atoms with Gasteiger partial charge < -0.3 is 19.9 Å². The highest BCUT2D eigenvalue weighted by molar-refractivity contribution is 5.96. The molecule has 1 atom stereocenters. The summed E-state index contributed by atoms with van der Waals surface area (Å²) in [5, 5.41) is 12.7. The Labute approximate surface area is 215 Å². The summed E-state index contributed by atoms with van der Waals surface area (Å²) in [6, 6.07) is 18.0.